The number of aryl methyl sites for hydroxylation is 1. The van der Waals surface area contributed by atoms with Crippen LogP contribution in [0.2, 0.25) is 0 Å². The molecule has 5 rings (SSSR count). The summed E-state index contributed by atoms with van der Waals surface area (Å²) in [6.07, 6.45) is 7.73. The third-order valence-electron chi connectivity index (χ3n) is 5.95. The maximum absolute atomic E-state index is 14.5. The Morgan fingerprint density at radius 2 is 1.82 bits per heavy atom. The van der Waals surface area contributed by atoms with Gasteiger partial charge in [0.05, 0.1) is 11.9 Å². The SMILES string of the molecule is Fc1ccc(CC2CCCCn3nc(-c4cc(C5CC5)ncc4F)cc32)cc1. The van der Waals surface area contributed by atoms with Gasteiger partial charge in [0.1, 0.15) is 5.82 Å². The van der Waals surface area contributed by atoms with Gasteiger partial charge < -0.3 is 0 Å². The summed E-state index contributed by atoms with van der Waals surface area (Å²) < 4.78 is 29.8. The van der Waals surface area contributed by atoms with E-state index in [1.54, 1.807) is 0 Å². The van der Waals surface area contributed by atoms with Crippen LogP contribution in [0.1, 0.15) is 60.9 Å². The first-order valence-electron chi connectivity index (χ1n) is 10.2. The molecule has 3 nitrogen and oxygen atoms in total. The number of aromatic nitrogens is 3. The fourth-order valence-electron chi connectivity index (χ4n) is 4.24. The number of hydrogen-bond acceptors (Lipinski definition) is 2. The number of nitrogens with zero attached hydrogens (tertiary/aromatic N) is 3. The highest BCUT2D eigenvalue weighted by Gasteiger charge is 2.27. The van der Waals surface area contributed by atoms with Crippen LogP contribution in [-0.2, 0) is 13.0 Å². The molecular formula is C23H23F2N3. The largest absolute Gasteiger partial charge is 0.269 e. The van der Waals surface area contributed by atoms with Crippen molar-refractivity contribution in [2.75, 3.05) is 0 Å². The number of benzene rings is 1. The third kappa shape index (κ3) is 3.46. The fourth-order valence-corrected chi connectivity index (χ4v) is 4.24. The zero-order chi connectivity index (χ0) is 19.1. The van der Waals surface area contributed by atoms with Crippen molar-refractivity contribution in [1.29, 1.82) is 0 Å². The Labute approximate surface area is 163 Å². The Morgan fingerprint density at radius 3 is 2.61 bits per heavy atom. The first kappa shape index (κ1) is 17.5. The predicted octanol–water partition coefficient (Wildman–Crippen LogP) is 5.61. The quantitative estimate of drug-likeness (QED) is 0.590. The van der Waals surface area contributed by atoms with E-state index in [1.807, 2.05) is 22.9 Å². The van der Waals surface area contributed by atoms with Crippen LogP contribution < -0.4 is 0 Å². The molecule has 0 N–H and O–H groups in total. The number of fused-ring (bicyclic) bond motifs is 1. The van der Waals surface area contributed by atoms with E-state index >= 15 is 0 Å². The van der Waals surface area contributed by atoms with Gasteiger partial charge in [0.25, 0.3) is 0 Å². The molecule has 0 saturated heterocycles. The van der Waals surface area contributed by atoms with Gasteiger partial charge in [-0.3, -0.25) is 9.67 Å². The summed E-state index contributed by atoms with van der Waals surface area (Å²) in [4.78, 5) is 4.26. The van der Waals surface area contributed by atoms with Gasteiger partial charge in [-0.1, -0.05) is 18.6 Å². The number of hydrogen-bond donors (Lipinski definition) is 0. The molecule has 3 heterocycles. The second-order valence-electron chi connectivity index (χ2n) is 8.06. The molecule has 1 saturated carbocycles. The van der Waals surface area contributed by atoms with Gasteiger partial charge in [0.2, 0.25) is 0 Å². The Morgan fingerprint density at radius 1 is 1.00 bits per heavy atom. The summed E-state index contributed by atoms with van der Waals surface area (Å²) in [6.45, 7) is 0.859. The van der Waals surface area contributed by atoms with Crippen LogP contribution in [-0.4, -0.2) is 14.8 Å². The molecule has 2 aliphatic rings. The standard InChI is InChI=1S/C23H23F2N3/c24-18-8-4-15(5-9-18)11-17-3-1-2-10-28-23(17)13-22(27-28)19-12-21(16-6-7-16)26-14-20(19)25/h4-5,8-9,12-14,16-17H,1-3,6-7,10-11H2. The van der Waals surface area contributed by atoms with Crippen LogP contribution in [0.15, 0.2) is 42.6 Å². The minimum atomic E-state index is -0.312. The predicted molar refractivity (Wildman–Crippen MR) is 104 cm³/mol. The Balaban J connectivity index is 1.49. The van der Waals surface area contributed by atoms with E-state index in [1.165, 1.54) is 18.3 Å². The van der Waals surface area contributed by atoms with Crippen molar-refractivity contribution in [3.63, 3.8) is 0 Å². The Hall–Kier alpha value is -2.56. The normalized spacial score (nSPS) is 19.3. The lowest BCUT2D eigenvalue weighted by molar-refractivity contribution is 0.575. The van der Waals surface area contributed by atoms with E-state index in [-0.39, 0.29) is 11.6 Å². The maximum atomic E-state index is 14.5. The van der Waals surface area contributed by atoms with Crippen molar-refractivity contribution in [3.05, 3.63) is 71.2 Å². The van der Waals surface area contributed by atoms with E-state index < -0.39 is 0 Å². The summed E-state index contributed by atoms with van der Waals surface area (Å²) in [7, 11) is 0. The molecule has 1 atom stereocenters. The molecule has 0 bridgehead atoms. The van der Waals surface area contributed by atoms with Crippen LogP contribution in [0.3, 0.4) is 0 Å². The lowest BCUT2D eigenvalue weighted by atomic mass is 9.91. The van der Waals surface area contributed by atoms with Gasteiger partial charge in [0.15, 0.2) is 5.82 Å². The average molecular weight is 379 g/mol. The summed E-state index contributed by atoms with van der Waals surface area (Å²) >= 11 is 0. The zero-order valence-corrected chi connectivity index (χ0v) is 15.7. The van der Waals surface area contributed by atoms with E-state index in [2.05, 4.69) is 11.1 Å². The van der Waals surface area contributed by atoms with Crippen LogP contribution >= 0.6 is 0 Å². The maximum Gasteiger partial charge on any atom is 0.150 e. The summed E-state index contributed by atoms with van der Waals surface area (Å²) in [5.74, 6) is 0.261. The first-order valence-corrected chi connectivity index (χ1v) is 10.2. The summed E-state index contributed by atoms with van der Waals surface area (Å²) in [5, 5.41) is 4.76. The smallest absolute Gasteiger partial charge is 0.150 e. The number of halogens is 2. The molecule has 28 heavy (non-hydrogen) atoms. The van der Waals surface area contributed by atoms with E-state index in [0.717, 1.165) is 62.0 Å². The van der Waals surface area contributed by atoms with E-state index in [9.17, 15) is 8.78 Å². The van der Waals surface area contributed by atoms with E-state index in [0.29, 0.717) is 23.1 Å². The van der Waals surface area contributed by atoms with Crippen LogP contribution in [0.5, 0.6) is 0 Å². The summed E-state index contributed by atoms with van der Waals surface area (Å²) in [5.41, 5.74) is 4.50. The zero-order valence-electron chi connectivity index (χ0n) is 15.7. The van der Waals surface area contributed by atoms with Crippen molar-refractivity contribution < 1.29 is 8.78 Å². The van der Waals surface area contributed by atoms with Crippen LogP contribution in [0.25, 0.3) is 11.3 Å². The number of pyridine rings is 1. The second kappa shape index (κ2) is 7.12. The highest BCUT2D eigenvalue weighted by atomic mass is 19.1. The van der Waals surface area contributed by atoms with Gasteiger partial charge in [-0.05, 0) is 61.9 Å². The number of rotatable bonds is 4. The molecule has 5 heteroatoms. The monoisotopic (exact) mass is 379 g/mol. The Bertz CT molecular complexity index is 990. The average Bonchev–Trinajstić information content (AvgIpc) is 3.49. The summed E-state index contributed by atoms with van der Waals surface area (Å²) in [6, 6.07) is 10.7. The molecule has 1 fully saturated rings. The molecule has 1 unspecified atom stereocenters. The van der Waals surface area contributed by atoms with Crippen molar-refractivity contribution in [2.24, 2.45) is 0 Å². The molecule has 1 aliphatic carbocycles. The molecule has 3 aromatic rings. The van der Waals surface area contributed by atoms with E-state index in [4.69, 9.17) is 5.10 Å². The third-order valence-corrected chi connectivity index (χ3v) is 5.95. The van der Waals surface area contributed by atoms with Gasteiger partial charge in [-0.25, -0.2) is 8.78 Å². The van der Waals surface area contributed by atoms with Crippen molar-refractivity contribution >= 4 is 0 Å². The van der Waals surface area contributed by atoms with Gasteiger partial charge in [-0.15, -0.1) is 0 Å². The van der Waals surface area contributed by atoms with Gasteiger partial charge in [-0.2, -0.15) is 5.10 Å². The first-order chi connectivity index (χ1) is 13.7. The molecule has 0 amide bonds. The highest BCUT2D eigenvalue weighted by Crippen LogP contribution is 2.40. The molecule has 144 valence electrons. The molecule has 0 radical (unpaired) electrons. The van der Waals surface area contributed by atoms with Crippen molar-refractivity contribution in [1.82, 2.24) is 14.8 Å². The molecule has 0 spiro atoms. The van der Waals surface area contributed by atoms with Crippen molar-refractivity contribution in [3.8, 4) is 11.3 Å². The topological polar surface area (TPSA) is 30.7 Å². The van der Waals surface area contributed by atoms with Gasteiger partial charge in [0, 0.05) is 35.3 Å². The van der Waals surface area contributed by atoms with Crippen LogP contribution in [0.4, 0.5) is 8.78 Å². The Kier molecular flexibility index (Phi) is 4.46. The molecule has 2 aromatic heterocycles. The minimum Gasteiger partial charge on any atom is -0.269 e. The van der Waals surface area contributed by atoms with Gasteiger partial charge >= 0.3 is 0 Å². The highest BCUT2D eigenvalue weighted by molar-refractivity contribution is 5.61. The minimum absolute atomic E-state index is 0.212. The fraction of sp³-hybridized carbons (Fsp3) is 0.391. The lowest BCUT2D eigenvalue weighted by Gasteiger charge is -2.15. The van der Waals surface area contributed by atoms with Crippen LogP contribution in [0, 0.1) is 11.6 Å². The van der Waals surface area contributed by atoms with Crippen molar-refractivity contribution in [2.45, 2.75) is 56.9 Å². The lowest BCUT2D eigenvalue weighted by Crippen LogP contribution is -2.08. The molecule has 1 aromatic carbocycles. The second-order valence-corrected chi connectivity index (χ2v) is 8.06. The molecule has 1 aliphatic heterocycles. The molecular weight excluding hydrogens is 356 g/mol.